The van der Waals surface area contributed by atoms with Crippen molar-refractivity contribution in [3.8, 4) is 0 Å². The van der Waals surface area contributed by atoms with Crippen molar-refractivity contribution in [2.75, 3.05) is 13.1 Å². The predicted molar refractivity (Wildman–Crippen MR) is 114 cm³/mol. The van der Waals surface area contributed by atoms with Gasteiger partial charge in [-0.15, -0.1) is 0 Å². The summed E-state index contributed by atoms with van der Waals surface area (Å²) >= 11 is 6.34. The average Bonchev–Trinajstić information content (AvgIpc) is 2.74. The molecule has 1 fully saturated rings. The fraction of sp³-hybridized carbons (Fsp3) is 0.261. The first-order valence-corrected chi connectivity index (χ1v) is 10.2. The normalized spacial score (nSPS) is 20.5. The minimum atomic E-state index is -0.792. The van der Waals surface area contributed by atoms with Crippen molar-refractivity contribution in [1.29, 1.82) is 0 Å². The van der Waals surface area contributed by atoms with E-state index < -0.39 is 12.1 Å². The maximum absolute atomic E-state index is 13.4. The highest BCUT2D eigenvalue weighted by Gasteiger charge is 2.38. The maximum Gasteiger partial charge on any atom is 0.247 e. The van der Waals surface area contributed by atoms with Gasteiger partial charge in [0.1, 0.15) is 6.04 Å². The Bertz CT molecular complexity index is 1040. The highest BCUT2D eigenvalue weighted by molar-refractivity contribution is 6.31. The molecule has 2 aliphatic rings. The summed E-state index contributed by atoms with van der Waals surface area (Å²) in [5, 5.41) is 3.26. The number of rotatable bonds is 3. The van der Waals surface area contributed by atoms with Crippen LogP contribution in [0.3, 0.4) is 0 Å². The molecule has 6 nitrogen and oxygen atoms in total. The van der Waals surface area contributed by atoms with E-state index in [-0.39, 0.29) is 24.1 Å². The number of hydrogen-bond donors (Lipinski definition) is 1. The van der Waals surface area contributed by atoms with Crippen LogP contribution in [-0.2, 0) is 14.4 Å². The number of halogens is 1. The molecule has 2 aliphatic heterocycles. The van der Waals surface area contributed by atoms with E-state index in [1.165, 1.54) is 6.92 Å². The molecule has 0 aliphatic carbocycles. The van der Waals surface area contributed by atoms with Crippen LogP contribution in [0.25, 0.3) is 6.08 Å². The number of benzene rings is 2. The number of nitrogens with zero attached hydrogens (tertiary/aromatic N) is 2. The Morgan fingerprint density at radius 2 is 1.80 bits per heavy atom. The van der Waals surface area contributed by atoms with Gasteiger partial charge in [-0.2, -0.15) is 0 Å². The van der Waals surface area contributed by atoms with Crippen LogP contribution in [0.2, 0.25) is 5.02 Å². The first-order chi connectivity index (χ1) is 14.5. The highest BCUT2D eigenvalue weighted by atomic mass is 35.5. The monoisotopic (exact) mass is 423 g/mol. The van der Waals surface area contributed by atoms with Gasteiger partial charge in [-0.3, -0.25) is 14.4 Å². The van der Waals surface area contributed by atoms with Crippen molar-refractivity contribution in [3.05, 3.63) is 76.4 Å². The van der Waals surface area contributed by atoms with Gasteiger partial charge in [0, 0.05) is 36.8 Å². The fourth-order valence-electron chi connectivity index (χ4n) is 4.14. The zero-order valence-electron chi connectivity index (χ0n) is 16.5. The standard InChI is InChI=1S/C23H22ClN3O3/c1-15(28)26-12-10-16-6-2-3-7-17(16)20(26)14-21(29)27-13-11-25-23(30)22(27)18-8-4-5-9-19(18)24/h2-10,12,20,22H,11,13-14H2,1H3,(H,25,30)/t20-,22-/m1/s1. The van der Waals surface area contributed by atoms with E-state index in [4.69, 9.17) is 11.6 Å². The third-order valence-corrected chi connectivity index (χ3v) is 5.91. The van der Waals surface area contributed by atoms with E-state index in [1.807, 2.05) is 30.3 Å². The number of piperazine rings is 1. The zero-order valence-corrected chi connectivity index (χ0v) is 17.3. The van der Waals surface area contributed by atoms with E-state index in [0.717, 1.165) is 11.1 Å². The smallest absolute Gasteiger partial charge is 0.247 e. The third-order valence-electron chi connectivity index (χ3n) is 5.57. The molecule has 0 aromatic heterocycles. The lowest BCUT2D eigenvalue weighted by Gasteiger charge is -2.38. The lowest BCUT2D eigenvalue weighted by molar-refractivity contribution is -0.145. The molecule has 154 valence electrons. The fourth-order valence-corrected chi connectivity index (χ4v) is 4.38. The molecule has 30 heavy (non-hydrogen) atoms. The van der Waals surface area contributed by atoms with Crippen LogP contribution in [0, 0.1) is 0 Å². The summed E-state index contributed by atoms with van der Waals surface area (Å²) in [6.07, 6.45) is 3.67. The van der Waals surface area contributed by atoms with Crippen LogP contribution in [0.15, 0.2) is 54.7 Å². The summed E-state index contributed by atoms with van der Waals surface area (Å²) < 4.78 is 0. The largest absolute Gasteiger partial charge is 0.352 e. The third kappa shape index (κ3) is 3.71. The van der Waals surface area contributed by atoms with E-state index >= 15 is 0 Å². The maximum atomic E-state index is 13.4. The molecule has 2 aromatic carbocycles. The van der Waals surface area contributed by atoms with E-state index in [0.29, 0.717) is 23.7 Å². The van der Waals surface area contributed by atoms with Gasteiger partial charge in [0.2, 0.25) is 17.7 Å². The van der Waals surface area contributed by atoms with E-state index in [1.54, 1.807) is 40.3 Å². The number of carbonyl (C=O) groups is 3. The summed E-state index contributed by atoms with van der Waals surface area (Å²) in [6, 6.07) is 13.6. The molecule has 1 saturated heterocycles. The summed E-state index contributed by atoms with van der Waals surface area (Å²) in [5.74, 6) is -0.594. The molecule has 0 radical (unpaired) electrons. The topological polar surface area (TPSA) is 69.7 Å². The average molecular weight is 424 g/mol. The molecule has 3 amide bonds. The van der Waals surface area contributed by atoms with Crippen LogP contribution < -0.4 is 5.32 Å². The summed E-state index contributed by atoms with van der Waals surface area (Å²) in [5.41, 5.74) is 2.49. The van der Waals surface area contributed by atoms with Crippen molar-refractivity contribution >= 4 is 35.4 Å². The van der Waals surface area contributed by atoms with Crippen molar-refractivity contribution in [2.45, 2.75) is 25.4 Å². The van der Waals surface area contributed by atoms with Gasteiger partial charge in [0.25, 0.3) is 0 Å². The summed E-state index contributed by atoms with van der Waals surface area (Å²) in [6.45, 7) is 2.24. The Kier molecular flexibility index (Phi) is 5.59. The van der Waals surface area contributed by atoms with Gasteiger partial charge < -0.3 is 15.1 Å². The van der Waals surface area contributed by atoms with Crippen LogP contribution in [0.5, 0.6) is 0 Å². The summed E-state index contributed by atoms with van der Waals surface area (Å²) in [4.78, 5) is 41.5. The SMILES string of the molecule is CC(=O)N1C=Cc2ccccc2[C@H]1CC(=O)N1CCNC(=O)[C@H]1c1ccccc1Cl. The molecular weight excluding hydrogens is 402 g/mol. The quantitative estimate of drug-likeness (QED) is 0.823. The number of nitrogens with one attached hydrogen (secondary N) is 1. The van der Waals surface area contributed by atoms with Crippen molar-refractivity contribution in [2.24, 2.45) is 0 Å². The van der Waals surface area contributed by atoms with Gasteiger partial charge in [0.05, 0.1) is 12.5 Å². The molecule has 0 bridgehead atoms. The molecule has 0 unspecified atom stereocenters. The molecule has 4 rings (SSSR count). The second-order valence-corrected chi connectivity index (χ2v) is 7.80. The minimum absolute atomic E-state index is 0.0785. The van der Waals surface area contributed by atoms with Crippen molar-refractivity contribution < 1.29 is 14.4 Å². The Balaban J connectivity index is 1.66. The minimum Gasteiger partial charge on any atom is -0.352 e. The highest BCUT2D eigenvalue weighted by Crippen LogP contribution is 2.35. The molecule has 2 heterocycles. The van der Waals surface area contributed by atoms with Crippen molar-refractivity contribution in [1.82, 2.24) is 15.1 Å². The van der Waals surface area contributed by atoms with Gasteiger partial charge in [0.15, 0.2) is 0 Å². The number of amides is 3. The van der Waals surface area contributed by atoms with Crippen LogP contribution in [0.1, 0.15) is 42.1 Å². The molecule has 1 N–H and O–H groups in total. The van der Waals surface area contributed by atoms with Crippen LogP contribution >= 0.6 is 11.6 Å². The van der Waals surface area contributed by atoms with E-state index in [2.05, 4.69) is 5.32 Å². The second-order valence-electron chi connectivity index (χ2n) is 7.39. The molecule has 7 heteroatoms. The number of fused-ring (bicyclic) bond motifs is 1. The first kappa shape index (κ1) is 20.2. The van der Waals surface area contributed by atoms with Crippen LogP contribution in [-0.4, -0.2) is 40.6 Å². The number of carbonyl (C=O) groups excluding carboxylic acids is 3. The lowest BCUT2D eigenvalue weighted by atomic mass is 9.92. The van der Waals surface area contributed by atoms with Gasteiger partial charge in [-0.1, -0.05) is 54.1 Å². The van der Waals surface area contributed by atoms with Gasteiger partial charge in [-0.05, 0) is 23.3 Å². The van der Waals surface area contributed by atoms with Crippen molar-refractivity contribution in [3.63, 3.8) is 0 Å². The van der Waals surface area contributed by atoms with E-state index in [9.17, 15) is 14.4 Å². The molecule has 0 saturated carbocycles. The predicted octanol–water partition coefficient (Wildman–Crippen LogP) is 3.30. The first-order valence-electron chi connectivity index (χ1n) is 9.85. The lowest BCUT2D eigenvalue weighted by Crippen LogP contribution is -2.52. The number of hydrogen-bond acceptors (Lipinski definition) is 3. The second kappa shape index (κ2) is 8.32. The Hall–Kier alpha value is -3.12. The van der Waals surface area contributed by atoms with Crippen LogP contribution in [0.4, 0.5) is 0 Å². The molecule has 0 spiro atoms. The zero-order chi connectivity index (χ0) is 21.3. The molecule has 2 aromatic rings. The molecular formula is C23H22ClN3O3. The van der Waals surface area contributed by atoms with Gasteiger partial charge in [-0.25, -0.2) is 0 Å². The Labute approximate surface area is 180 Å². The molecule has 2 atom stereocenters. The Morgan fingerprint density at radius 1 is 1.10 bits per heavy atom. The summed E-state index contributed by atoms with van der Waals surface area (Å²) in [7, 11) is 0. The Morgan fingerprint density at radius 3 is 2.53 bits per heavy atom. The van der Waals surface area contributed by atoms with Gasteiger partial charge >= 0.3 is 0 Å².